The summed E-state index contributed by atoms with van der Waals surface area (Å²) < 4.78 is 0.746. The average molecular weight is 277 g/mol. The van der Waals surface area contributed by atoms with Crippen molar-refractivity contribution in [3.05, 3.63) is 27.4 Å². The molecule has 3 nitrogen and oxygen atoms in total. The van der Waals surface area contributed by atoms with E-state index in [9.17, 15) is 0 Å². The number of hydrogen-bond acceptors (Lipinski definition) is 4. The lowest BCUT2D eigenvalue weighted by Crippen LogP contribution is -1.79. The molecule has 13 heavy (non-hydrogen) atoms. The molecule has 0 aliphatic rings. The first kappa shape index (κ1) is 9.05. The number of hydrogen-bond donors (Lipinski definition) is 0. The Bertz CT molecular complexity index is 431. The van der Waals surface area contributed by atoms with Crippen LogP contribution < -0.4 is 0 Å². The highest BCUT2D eigenvalue weighted by atomic mass is 79.9. The molecule has 0 fully saturated rings. The van der Waals surface area contributed by atoms with Gasteiger partial charge in [0.2, 0.25) is 0 Å². The van der Waals surface area contributed by atoms with E-state index in [-0.39, 0.29) is 0 Å². The van der Waals surface area contributed by atoms with Crippen molar-refractivity contribution in [2.45, 2.75) is 0 Å². The van der Waals surface area contributed by atoms with Gasteiger partial charge in [0.1, 0.15) is 5.01 Å². The van der Waals surface area contributed by atoms with Gasteiger partial charge in [-0.15, -0.1) is 10.2 Å². The zero-order chi connectivity index (χ0) is 9.26. The average Bonchev–Trinajstić information content (AvgIpc) is 2.53. The number of halogens is 2. The van der Waals surface area contributed by atoms with Crippen LogP contribution in [-0.2, 0) is 0 Å². The van der Waals surface area contributed by atoms with Crippen molar-refractivity contribution in [2.75, 3.05) is 0 Å². The summed E-state index contributed by atoms with van der Waals surface area (Å²) >= 11 is 10.6. The van der Waals surface area contributed by atoms with Gasteiger partial charge in [-0.25, -0.2) is 0 Å². The van der Waals surface area contributed by atoms with E-state index in [1.807, 2.05) is 6.07 Å². The Morgan fingerprint density at radius 1 is 1.38 bits per heavy atom. The molecule has 0 N–H and O–H groups in total. The zero-order valence-corrected chi connectivity index (χ0v) is 9.40. The number of rotatable bonds is 1. The molecule has 0 aliphatic carbocycles. The Labute approximate surface area is 91.9 Å². The monoisotopic (exact) mass is 275 g/mol. The number of nitrogens with zero attached hydrogens (tertiary/aromatic N) is 3. The van der Waals surface area contributed by atoms with E-state index in [0.717, 1.165) is 14.5 Å². The van der Waals surface area contributed by atoms with E-state index in [1.54, 1.807) is 12.4 Å². The van der Waals surface area contributed by atoms with Crippen molar-refractivity contribution in [3.8, 4) is 10.6 Å². The highest BCUT2D eigenvalue weighted by Crippen LogP contribution is 2.30. The molecule has 2 rings (SSSR count). The van der Waals surface area contributed by atoms with Gasteiger partial charge in [-0.2, -0.15) is 0 Å². The van der Waals surface area contributed by atoms with Crippen LogP contribution in [-0.4, -0.2) is 15.2 Å². The molecule has 2 heterocycles. The third-order valence-electron chi connectivity index (χ3n) is 1.40. The molecule has 66 valence electrons. The van der Waals surface area contributed by atoms with E-state index in [0.29, 0.717) is 5.02 Å². The predicted molar refractivity (Wildman–Crippen MR) is 55.9 cm³/mol. The molecule has 6 heteroatoms. The summed E-state index contributed by atoms with van der Waals surface area (Å²) in [7, 11) is 0. The summed E-state index contributed by atoms with van der Waals surface area (Å²) in [5.41, 5.74) is 0.861. The fourth-order valence-electron chi connectivity index (χ4n) is 0.863. The molecule has 0 spiro atoms. The largest absolute Gasteiger partial charge is 0.263 e. The Morgan fingerprint density at radius 2 is 2.23 bits per heavy atom. The summed E-state index contributed by atoms with van der Waals surface area (Å²) in [5.74, 6) is 0. The summed E-state index contributed by atoms with van der Waals surface area (Å²) in [6.45, 7) is 0. The normalized spacial score (nSPS) is 10.3. The van der Waals surface area contributed by atoms with Crippen LogP contribution in [0.3, 0.4) is 0 Å². The van der Waals surface area contributed by atoms with Crippen LogP contribution in [0.5, 0.6) is 0 Å². The smallest absolute Gasteiger partial charge is 0.183 e. The van der Waals surface area contributed by atoms with Gasteiger partial charge in [0, 0.05) is 18.0 Å². The fraction of sp³-hybridized carbons (Fsp3) is 0. The van der Waals surface area contributed by atoms with Crippen LogP contribution in [0.1, 0.15) is 0 Å². The molecule has 0 radical (unpaired) electrons. The predicted octanol–water partition coefficient (Wildman–Crippen LogP) is 3.02. The van der Waals surface area contributed by atoms with Crippen molar-refractivity contribution >= 4 is 38.9 Å². The summed E-state index contributed by atoms with van der Waals surface area (Å²) in [6.07, 6.45) is 3.27. The van der Waals surface area contributed by atoms with Gasteiger partial charge in [-0.3, -0.25) is 4.98 Å². The van der Waals surface area contributed by atoms with Gasteiger partial charge in [0.15, 0.2) is 3.92 Å². The molecular formula is C7H3BrClN3S. The van der Waals surface area contributed by atoms with Gasteiger partial charge in [-0.1, -0.05) is 22.9 Å². The van der Waals surface area contributed by atoms with Crippen molar-refractivity contribution in [1.82, 2.24) is 15.2 Å². The maximum absolute atomic E-state index is 5.93. The summed E-state index contributed by atoms with van der Waals surface area (Å²) in [5, 5.41) is 9.18. The highest BCUT2D eigenvalue weighted by Gasteiger charge is 2.07. The molecule has 0 aromatic carbocycles. The van der Waals surface area contributed by atoms with E-state index >= 15 is 0 Å². The van der Waals surface area contributed by atoms with Crippen LogP contribution >= 0.6 is 38.9 Å². The molecule has 2 aromatic heterocycles. The molecule has 0 amide bonds. The fourth-order valence-corrected chi connectivity index (χ4v) is 2.28. The van der Waals surface area contributed by atoms with Gasteiger partial charge in [-0.05, 0) is 22.0 Å². The lowest BCUT2D eigenvalue weighted by molar-refractivity contribution is 1.07. The molecular weight excluding hydrogens is 274 g/mol. The minimum absolute atomic E-state index is 0.589. The second-order valence-corrected chi connectivity index (χ2v) is 4.88. The molecule has 2 aromatic rings. The second-order valence-electron chi connectivity index (χ2n) is 2.22. The summed E-state index contributed by atoms with van der Waals surface area (Å²) in [4.78, 5) is 3.89. The Balaban J connectivity index is 2.52. The molecule has 0 saturated heterocycles. The Morgan fingerprint density at radius 3 is 2.85 bits per heavy atom. The van der Waals surface area contributed by atoms with Crippen molar-refractivity contribution in [3.63, 3.8) is 0 Å². The van der Waals surface area contributed by atoms with Crippen molar-refractivity contribution < 1.29 is 0 Å². The molecule has 0 atom stereocenters. The maximum atomic E-state index is 5.93. The first-order chi connectivity index (χ1) is 6.27. The second kappa shape index (κ2) is 3.69. The minimum atomic E-state index is 0.589. The lowest BCUT2D eigenvalue weighted by atomic mass is 10.3. The first-order valence-electron chi connectivity index (χ1n) is 3.36. The van der Waals surface area contributed by atoms with Gasteiger partial charge < -0.3 is 0 Å². The van der Waals surface area contributed by atoms with E-state index < -0.39 is 0 Å². The van der Waals surface area contributed by atoms with Gasteiger partial charge in [0.05, 0.1) is 5.02 Å². The maximum Gasteiger partial charge on any atom is 0.183 e. The highest BCUT2D eigenvalue weighted by molar-refractivity contribution is 9.11. The minimum Gasteiger partial charge on any atom is -0.263 e. The summed E-state index contributed by atoms with van der Waals surface area (Å²) in [6, 6.07) is 1.81. The van der Waals surface area contributed by atoms with Crippen LogP contribution in [0.2, 0.25) is 5.02 Å². The molecule has 0 aliphatic heterocycles. The third-order valence-corrected chi connectivity index (χ3v) is 3.09. The topological polar surface area (TPSA) is 38.7 Å². The van der Waals surface area contributed by atoms with Gasteiger partial charge >= 0.3 is 0 Å². The third kappa shape index (κ3) is 1.87. The Hall–Kier alpha value is -0.520. The number of pyridine rings is 1. The molecule has 0 bridgehead atoms. The van der Waals surface area contributed by atoms with Crippen molar-refractivity contribution in [1.29, 1.82) is 0 Å². The lowest BCUT2D eigenvalue weighted by Gasteiger charge is -1.95. The van der Waals surface area contributed by atoms with Gasteiger partial charge in [0.25, 0.3) is 0 Å². The molecule has 0 saturated carbocycles. The zero-order valence-electron chi connectivity index (χ0n) is 6.24. The van der Waals surface area contributed by atoms with E-state index in [4.69, 9.17) is 11.6 Å². The number of aromatic nitrogens is 3. The van der Waals surface area contributed by atoms with Crippen LogP contribution in [0.25, 0.3) is 10.6 Å². The van der Waals surface area contributed by atoms with E-state index in [2.05, 4.69) is 31.1 Å². The van der Waals surface area contributed by atoms with Crippen LogP contribution in [0.4, 0.5) is 0 Å². The molecule has 0 unspecified atom stereocenters. The van der Waals surface area contributed by atoms with E-state index in [1.165, 1.54) is 11.3 Å². The first-order valence-corrected chi connectivity index (χ1v) is 5.35. The Kier molecular flexibility index (Phi) is 2.57. The van der Waals surface area contributed by atoms with Crippen molar-refractivity contribution in [2.24, 2.45) is 0 Å². The quantitative estimate of drug-likeness (QED) is 0.803. The van der Waals surface area contributed by atoms with Crippen LogP contribution in [0, 0.1) is 0 Å². The van der Waals surface area contributed by atoms with Crippen LogP contribution in [0.15, 0.2) is 22.4 Å². The SMILES string of the molecule is Clc1cnccc1-c1nnc(Br)s1. The standard InChI is InChI=1S/C7H3BrClN3S/c8-7-12-11-6(13-7)4-1-2-10-3-5(4)9/h1-3H.